The van der Waals surface area contributed by atoms with Crippen molar-refractivity contribution >= 4 is 33.3 Å². The highest BCUT2D eigenvalue weighted by molar-refractivity contribution is 7.92. The number of rotatable bonds is 9. The molecule has 15 heteroatoms. The number of nitrogens with one attached hydrogen (secondary N) is 2. The van der Waals surface area contributed by atoms with Crippen molar-refractivity contribution in [3.8, 4) is 11.5 Å². The van der Waals surface area contributed by atoms with Crippen LogP contribution in [0.25, 0.3) is 0 Å². The van der Waals surface area contributed by atoms with Crippen LogP contribution in [0.1, 0.15) is 55.3 Å². The maximum Gasteiger partial charge on any atom is 0.501 e. The summed E-state index contributed by atoms with van der Waals surface area (Å²) in [5.74, 6) is -4.61. The second-order valence-corrected chi connectivity index (χ2v) is 13.7. The number of alkyl halides is 3. The first-order valence-electron chi connectivity index (χ1n) is 14.5. The third-order valence-electron chi connectivity index (χ3n) is 9.05. The number of ether oxygens (including phenoxy) is 2. The lowest BCUT2D eigenvalue weighted by Gasteiger charge is -2.31. The van der Waals surface area contributed by atoms with Gasteiger partial charge in [0, 0.05) is 17.8 Å². The highest BCUT2D eigenvalue weighted by Crippen LogP contribution is 2.49. The summed E-state index contributed by atoms with van der Waals surface area (Å²) < 4.78 is 88.9. The van der Waals surface area contributed by atoms with Crippen LogP contribution < -0.4 is 20.1 Å². The van der Waals surface area contributed by atoms with Crippen molar-refractivity contribution in [3.05, 3.63) is 47.8 Å². The number of carboxylic acid groups (broad SMARTS) is 1. The van der Waals surface area contributed by atoms with Crippen LogP contribution in [-0.4, -0.2) is 56.1 Å². The highest BCUT2D eigenvalue weighted by atomic mass is 32.2. The Hall–Kier alpha value is -3.88. The van der Waals surface area contributed by atoms with Gasteiger partial charge in [0.2, 0.25) is 5.91 Å². The van der Waals surface area contributed by atoms with Crippen LogP contribution in [0.4, 0.5) is 23.2 Å². The molecular formula is C30H32F4N2O8S. The number of carboxylic acids is 1. The van der Waals surface area contributed by atoms with E-state index in [9.17, 15) is 45.5 Å². The Kier molecular flexibility index (Phi) is 9.02. The van der Waals surface area contributed by atoms with Crippen LogP contribution in [0.3, 0.4) is 0 Å². The molecule has 2 aromatic carbocycles. The summed E-state index contributed by atoms with van der Waals surface area (Å²) in [5.41, 5.74) is -5.69. The highest BCUT2D eigenvalue weighted by Gasteiger charge is 2.52. The molecule has 3 saturated carbocycles. The zero-order valence-corrected chi connectivity index (χ0v) is 24.9. The van der Waals surface area contributed by atoms with Crippen LogP contribution in [0.5, 0.6) is 11.5 Å². The minimum atomic E-state index is -5.63. The van der Waals surface area contributed by atoms with Gasteiger partial charge in [0.1, 0.15) is 5.75 Å². The van der Waals surface area contributed by atoms with E-state index >= 15 is 0 Å². The molecule has 244 valence electrons. The molecule has 3 N–H and O–H groups in total. The SMILES string of the molecule is COc1cc(F)c(OC2CCC(C(=O)O)CC2)cc1C(=O)NC1C2CCC(C2)C1C(=O)Nc1cccc(S(=O)(=O)C(F)(F)F)c1. The lowest BCUT2D eigenvalue weighted by Crippen LogP contribution is -2.48. The maximum absolute atomic E-state index is 14.9. The van der Waals surface area contributed by atoms with E-state index in [0.29, 0.717) is 38.5 Å². The van der Waals surface area contributed by atoms with Gasteiger partial charge in [-0.1, -0.05) is 6.07 Å². The number of benzene rings is 2. The van der Waals surface area contributed by atoms with Gasteiger partial charge in [-0.25, -0.2) is 12.8 Å². The van der Waals surface area contributed by atoms with Gasteiger partial charge in [0.25, 0.3) is 15.7 Å². The van der Waals surface area contributed by atoms with Crippen molar-refractivity contribution in [1.29, 1.82) is 0 Å². The molecule has 3 aliphatic rings. The summed E-state index contributed by atoms with van der Waals surface area (Å²) >= 11 is 0. The standard InChI is InChI=1S/C30H32F4N2O8S/c1-43-23-14-22(31)24(44-19-9-7-15(8-10-19)29(39)40)13-21(23)27(37)36-26-17-6-5-16(11-17)25(26)28(38)35-18-3-2-4-20(12-18)45(41,42)30(32,33)34/h2-4,12-17,19,25-26H,5-11H2,1H3,(H,35,38)(H,36,37)(H,39,40). The molecule has 0 radical (unpaired) electrons. The molecule has 10 nitrogen and oxygen atoms in total. The second kappa shape index (κ2) is 12.5. The van der Waals surface area contributed by atoms with Gasteiger partial charge in [-0.05, 0) is 81.0 Å². The van der Waals surface area contributed by atoms with E-state index < -0.39 is 67.8 Å². The number of amides is 2. The summed E-state index contributed by atoms with van der Waals surface area (Å²) in [5, 5.41) is 14.6. The van der Waals surface area contributed by atoms with Gasteiger partial charge in [-0.3, -0.25) is 14.4 Å². The molecule has 3 fully saturated rings. The number of anilines is 1. The molecule has 0 saturated heterocycles. The van der Waals surface area contributed by atoms with Gasteiger partial charge in [0.05, 0.1) is 35.5 Å². The minimum absolute atomic E-state index is 0.0416. The molecule has 4 unspecified atom stereocenters. The van der Waals surface area contributed by atoms with Crippen molar-refractivity contribution in [2.45, 2.75) is 67.5 Å². The van der Waals surface area contributed by atoms with Crippen LogP contribution in [0, 0.1) is 29.5 Å². The molecule has 0 spiro atoms. The maximum atomic E-state index is 14.9. The summed E-state index contributed by atoms with van der Waals surface area (Å²) in [7, 11) is -4.36. The van der Waals surface area contributed by atoms with Gasteiger partial charge in [-0.15, -0.1) is 0 Å². The molecular weight excluding hydrogens is 624 g/mol. The summed E-state index contributed by atoms with van der Waals surface area (Å²) in [6.07, 6.45) is 3.16. The zero-order valence-electron chi connectivity index (χ0n) is 24.1. The van der Waals surface area contributed by atoms with Crippen molar-refractivity contribution in [2.24, 2.45) is 23.7 Å². The molecule has 0 aromatic heterocycles. The number of halogens is 4. The van der Waals surface area contributed by atoms with Crippen molar-refractivity contribution < 1.29 is 54.9 Å². The van der Waals surface area contributed by atoms with Gasteiger partial charge >= 0.3 is 11.5 Å². The van der Waals surface area contributed by atoms with E-state index in [4.69, 9.17) is 9.47 Å². The Morgan fingerprint density at radius 2 is 1.64 bits per heavy atom. The average Bonchev–Trinajstić information content (AvgIpc) is 3.60. The number of carbonyl (C=O) groups is 3. The van der Waals surface area contributed by atoms with Gasteiger partial charge in [0.15, 0.2) is 11.6 Å². The number of hydrogen-bond donors (Lipinski definition) is 3. The molecule has 5 rings (SSSR count). The Balaban J connectivity index is 1.32. The first-order chi connectivity index (χ1) is 21.2. The first-order valence-corrected chi connectivity index (χ1v) is 16.0. The Labute approximate surface area is 256 Å². The number of aliphatic carboxylic acids is 1. The van der Waals surface area contributed by atoms with Gasteiger partial charge < -0.3 is 25.2 Å². The number of carbonyl (C=O) groups excluding carboxylic acids is 2. The van der Waals surface area contributed by atoms with E-state index in [1.165, 1.54) is 19.2 Å². The van der Waals surface area contributed by atoms with E-state index in [1.807, 2.05) is 0 Å². The van der Waals surface area contributed by atoms with Crippen LogP contribution in [0.15, 0.2) is 41.3 Å². The van der Waals surface area contributed by atoms with Crippen LogP contribution >= 0.6 is 0 Å². The molecule has 4 atom stereocenters. The normalized spacial score (nSPS) is 26.2. The summed E-state index contributed by atoms with van der Waals surface area (Å²) in [6.45, 7) is 0. The number of methoxy groups -OCH3 is 1. The fourth-order valence-electron chi connectivity index (χ4n) is 6.78. The van der Waals surface area contributed by atoms with E-state index in [-0.39, 0.29) is 34.6 Å². The topological polar surface area (TPSA) is 148 Å². The summed E-state index contributed by atoms with van der Waals surface area (Å²) in [4.78, 5) is 37.2. The number of fused-ring (bicyclic) bond motifs is 2. The van der Waals surface area contributed by atoms with Crippen molar-refractivity contribution in [2.75, 3.05) is 12.4 Å². The van der Waals surface area contributed by atoms with Gasteiger partial charge in [-0.2, -0.15) is 13.2 Å². The second-order valence-electron chi connectivity index (χ2n) is 11.7. The predicted molar refractivity (Wildman–Crippen MR) is 151 cm³/mol. The van der Waals surface area contributed by atoms with Crippen molar-refractivity contribution in [1.82, 2.24) is 5.32 Å². The average molecular weight is 657 g/mol. The molecule has 45 heavy (non-hydrogen) atoms. The Morgan fingerprint density at radius 3 is 2.29 bits per heavy atom. The Morgan fingerprint density at radius 1 is 0.956 bits per heavy atom. The molecule has 0 aliphatic heterocycles. The Bertz CT molecular complexity index is 1590. The monoisotopic (exact) mass is 656 g/mol. The number of hydrogen-bond acceptors (Lipinski definition) is 7. The van der Waals surface area contributed by atoms with Crippen molar-refractivity contribution in [3.63, 3.8) is 0 Å². The third-order valence-corrected chi connectivity index (χ3v) is 10.5. The lowest BCUT2D eigenvalue weighted by molar-refractivity contribution is -0.143. The smallest absolute Gasteiger partial charge is 0.496 e. The fraction of sp³-hybridized carbons (Fsp3) is 0.500. The lowest BCUT2D eigenvalue weighted by atomic mass is 9.83. The minimum Gasteiger partial charge on any atom is -0.496 e. The van der Waals surface area contributed by atoms with E-state index in [0.717, 1.165) is 30.7 Å². The van der Waals surface area contributed by atoms with E-state index in [2.05, 4.69) is 10.6 Å². The number of sulfone groups is 1. The predicted octanol–water partition coefficient (Wildman–Crippen LogP) is 4.93. The molecule has 2 bridgehead atoms. The largest absolute Gasteiger partial charge is 0.501 e. The first kappa shape index (κ1) is 32.5. The summed E-state index contributed by atoms with van der Waals surface area (Å²) in [6, 6.07) is 5.44. The molecule has 3 aliphatic carbocycles. The molecule has 2 amide bonds. The van der Waals surface area contributed by atoms with Crippen LogP contribution in [-0.2, 0) is 19.4 Å². The molecule has 2 aromatic rings. The molecule has 0 heterocycles. The quantitative estimate of drug-likeness (QED) is 0.322. The van der Waals surface area contributed by atoms with Crippen LogP contribution in [0.2, 0.25) is 0 Å². The zero-order chi connectivity index (χ0) is 32.7. The third kappa shape index (κ3) is 6.58. The van der Waals surface area contributed by atoms with E-state index in [1.54, 1.807) is 0 Å². The fourth-order valence-corrected chi connectivity index (χ4v) is 7.59.